The molecule has 0 saturated carbocycles. The van der Waals surface area contributed by atoms with Gasteiger partial charge in [-0.25, -0.2) is 9.00 Å². The van der Waals surface area contributed by atoms with Crippen molar-refractivity contribution >= 4 is 23.0 Å². The number of anilines is 1. The van der Waals surface area contributed by atoms with Crippen molar-refractivity contribution in [1.29, 1.82) is 0 Å². The van der Waals surface area contributed by atoms with Crippen LogP contribution in [-0.4, -0.2) is 21.5 Å². The van der Waals surface area contributed by atoms with Gasteiger partial charge in [0.25, 0.3) is 11.3 Å². The number of hydrogen-bond donors (Lipinski definition) is 2. The molecule has 0 aliphatic carbocycles. The second-order valence-electron chi connectivity index (χ2n) is 3.09. The SMILES string of the molecule is CCOC(=O)N(c1ccc(CN)cc1)S(=O)O. The average molecular weight is 258 g/mol. The molecule has 0 aromatic heterocycles. The van der Waals surface area contributed by atoms with Crippen LogP contribution in [-0.2, 0) is 22.5 Å². The fraction of sp³-hybridized carbons (Fsp3) is 0.300. The standard InChI is InChI=1S/C10H14N2O4S/c1-2-16-10(13)12(17(14)15)9-5-3-8(7-11)4-6-9/h3-6H,2,7,11H2,1H3,(H,14,15). The van der Waals surface area contributed by atoms with E-state index in [1.54, 1.807) is 19.1 Å². The predicted octanol–water partition coefficient (Wildman–Crippen LogP) is 1.24. The summed E-state index contributed by atoms with van der Waals surface area (Å²) in [5.41, 5.74) is 6.57. The van der Waals surface area contributed by atoms with Gasteiger partial charge in [0.1, 0.15) is 0 Å². The minimum absolute atomic E-state index is 0.132. The molecule has 0 fully saturated rings. The van der Waals surface area contributed by atoms with E-state index in [-0.39, 0.29) is 12.3 Å². The highest BCUT2D eigenvalue weighted by Gasteiger charge is 2.22. The van der Waals surface area contributed by atoms with Crippen LogP contribution >= 0.6 is 0 Å². The summed E-state index contributed by atoms with van der Waals surface area (Å²) in [6.07, 6.45) is -0.867. The van der Waals surface area contributed by atoms with Crippen molar-refractivity contribution in [2.75, 3.05) is 10.9 Å². The van der Waals surface area contributed by atoms with Gasteiger partial charge in [0.15, 0.2) is 0 Å². The average Bonchev–Trinajstić information content (AvgIpc) is 2.30. The third-order valence-corrected chi connectivity index (χ3v) is 2.67. The van der Waals surface area contributed by atoms with E-state index in [2.05, 4.69) is 4.74 Å². The molecule has 0 radical (unpaired) electrons. The molecule has 7 heteroatoms. The molecule has 1 unspecified atom stereocenters. The molecule has 1 amide bonds. The van der Waals surface area contributed by atoms with Gasteiger partial charge in [0, 0.05) is 6.54 Å². The summed E-state index contributed by atoms with van der Waals surface area (Å²) in [6, 6.07) is 6.42. The van der Waals surface area contributed by atoms with Gasteiger partial charge < -0.3 is 10.5 Å². The first-order valence-electron chi connectivity index (χ1n) is 4.97. The van der Waals surface area contributed by atoms with Crippen LogP contribution in [0.4, 0.5) is 10.5 Å². The van der Waals surface area contributed by atoms with Gasteiger partial charge in [0.2, 0.25) is 0 Å². The molecule has 1 atom stereocenters. The highest BCUT2D eigenvalue weighted by Crippen LogP contribution is 2.17. The minimum Gasteiger partial charge on any atom is -0.449 e. The fourth-order valence-electron chi connectivity index (χ4n) is 1.21. The van der Waals surface area contributed by atoms with Crippen molar-refractivity contribution in [3.8, 4) is 0 Å². The zero-order valence-electron chi connectivity index (χ0n) is 9.33. The second kappa shape index (κ2) is 6.33. The molecule has 6 nitrogen and oxygen atoms in total. The Morgan fingerprint density at radius 3 is 2.47 bits per heavy atom. The van der Waals surface area contributed by atoms with Crippen LogP contribution < -0.4 is 10.0 Å². The minimum atomic E-state index is -2.47. The first-order valence-corrected chi connectivity index (χ1v) is 6.03. The summed E-state index contributed by atoms with van der Waals surface area (Å²) in [6.45, 7) is 2.11. The maximum absolute atomic E-state index is 11.5. The number of amides is 1. The Bertz CT molecular complexity index is 407. The Labute approximate surface area is 102 Å². The number of carbonyl (C=O) groups is 1. The van der Waals surface area contributed by atoms with E-state index in [0.717, 1.165) is 5.56 Å². The van der Waals surface area contributed by atoms with Gasteiger partial charge in [0.05, 0.1) is 12.3 Å². The van der Waals surface area contributed by atoms with Gasteiger partial charge in [-0.2, -0.15) is 4.31 Å². The number of nitrogens with zero attached hydrogens (tertiary/aromatic N) is 1. The van der Waals surface area contributed by atoms with Crippen molar-refractivity contribution in [3.05, 3.63) is 29.8 Å². The smallest absolute Gasteiger partial charge is 0.428 e. The van der Waals surface area contributed by atoms with Crippen LogP contribution in [0.25, 0.3) is 0 Å². The molecule has 0 aliphatic heterocycles. The monoisotopic (exact) mass is 258 g/mol. The molecule has 0 aliphatic rings. The van der Waals surface area contributed by atoms with Crippen LogP contribution in [0.1, 0.15) is 12.5 Å². The summed E-state index contributed by atoms with van der Waals surface area (Å²) in [5.74, 6) is 0. The van der Waals surface area contributed by atoms with E-state index in [4.69, 9.17) is 10.3 Å². The first kappa shape index (κ1) is 13.6. The third-order valence-electron chi connectivity index (χ3n) is 2.00. The van der Waals surface area contributed by atoms with Gasteiger partial charge in [-0.15, -0.1) is 0 Å². The van der Waals surface area contributed by atoms with Crippen LogP contribution in [0.3, 0.4) is 0 Å². The third kappa shape index (κ3) is 3.52. The number of hydrogen-bond acceptors (Lipinski definition) is 4. The van der Waals surface area contributed by atoms with E-state index in [1.807, 2.05) is 0 Å². The Morgan fingerprint density at radius 2 is 2.06 bits per heavy atom. The Hall–Kier alpha value is -1.44. The topological polar surface area (TPSA) is 92.9 Å². The normalized spacial score (nSPS) is 11.9. The van der Waals surface area contributed by atoms with Gasteiger partial charge in [-0.05, 0) is 24.6 Å². The molecule has 0 spiro atoms. The molecule has 94 valence electrons. The van der Waals surface area contributed by atoms with E-state index >= 15 is 0 Å². The van der Waals surface area contributed by atoms with Gasteiger partial charge in [-0.1, -0.05) is 12.1 Å². The first-order chi connectivity index (χ1) is 8.10. The lowest BCUT2D eigenvalue weighted by Gasteiger charge is -2.17. The molecule has 1 aromatic carbocycles. The molecule has 0 heterocycles. The van der Waals surface area contributed by atoms with E-state index in [1.165, 1.54) is 12.1 Å². The lowest BCUT2D eigenvalue weighted by atomic mass is 10.2. The molecule has 17 heavy (non-hydrogen) atoms. The van der Waals surface area contributed by atoms with Crippen LogP contribution in [0.15, 0.2) is 24.3 Å². The van der Waals surface area contributed by atoms with E-state index in [9.17, 15) is 9.00 Å². The van der Waals surface area contributed by atoms with Crippen molar-refractivity contribution in [3.63, 3.8) is 0 Å². The summed E-state index contributed by atoms with van der Waals surface area (Å²) < 4.78 is 25.5. The summed E-state index contributed by atoms with van der Waals surface area (Å²) in [4.78, 5) is 11.5. The van der Waals surface area contributed by atoms with Crippen molar-refractivity contribution in [2.45, 2.75) is 13.5 Å². The predicted molar refractivity (Wildman–Crippen MR) is 64.6 cm³/mol. The lowest BCUT2D eigenvalue weighted by Crippen LogP contribution is -2.33. The molecule has 1 aromatic rings. The molecule has 0 bridgehead atoms. The van der Waals surface area contributed by atoms with Gasteiger partial charge >= 0.3 is 6.09 Å². The van der Waals surface area contributed by atoms with Crippen LogP contribution in [0.2, 0.25) is 0 Å². The molecule has 1 rings (SSSR count). The fourth-order valence-corrected chi connectivity index (χ4v) is 1.69. The van der Waals surface area contributed by atoms with E-state index < -0.39 is 17.4 Å². The lowest BCUT2D eigenvalue weighted by molar-refractivity contribution is 0.164. The second-order valence-corrected chi connectivity index (χ2v) is 3.92. The van der Waals surface area contributed by atoms with Gasteiger partial charge in [-0.3, -0.25) is 4.55 Å². The Morgan fingerprint density at radius 1 is 1.47 bits per heavy atom. The maximum Gasteiger partial charge on any atom is 0.428 e. The highest BCUT2D eigenvalue weighted by molar-refractivity contribution is 7.81. The van der Waals surface area contributed by atoms with Crippen molar-refractivity contribution in [2.24, 2.45) is 5.73 Å². The number of benzene rings is 1. The zero-order valence-corrected chi connectivity index (χ0v) is 10.1. The number of rotatable bonds is 4. The van der Waals surface area contributed by atoms with Crippen molar-refractivity contribution < 1.29 is 18.3 Å². The quantitative estimate of drug-likeness (QED) is 0.793. The molecule has 0 saturated heterocycles. The highest BCUT2D eigenvalue weighted by atomic mass is 32.2. The number of carbonyl (C=O) groups excluding carboxylic acids is 1. The number of nitrogens with two attached hydrogens (primary N) is 1. The Kier molecular flexibility index (Phi) is 5.08. The van der Waals surface area contributed by atoms with E-state index in [0.29, 0.717) is 10.8 Å². The summed E-state index contributed by atoms with van der Waals surface area (Å²) in [5, 5.41) is 0. The molecular formula is C10H14N2O4S. The number of ether oxygens (including phenoxy) is 1. The summed E-state index contributed by atoms with van der Waals surface area (Å²) >= 11 is -2.47. The summed E-state index contributed by atoms with van der Waals surface area (Å²) in [7, 11) is 0. The zero-order chi connectivity index (χ0) is 12.8. The van der Waals surface area contributed by atoms with Crippen LogP contribution in [0, 0.1) is 0 Å². The Balaban J connectivity index is 2.97. The van der Waals surface area contributed by atoms with Crippen molar-refractivity contribution in [1.82, 2.24) is 0 Å². The largest absolute Gasteiger partial charge is 0.449 e. The maximum atomic E-state index is 11.5. The van der Waals surface area contributed by atoms with Crippen LogP contribution in [0.5, 0.6) is 0 Å². The molecule has 3 N–H and O–H groups in total. The molecular weight excluding hydrogens is 244 g/mol.